The van der Waals surface area contributed by atoms with Crippen LogP contribution in [0.4, 0.5) is 5.69 Å². The quantitative estimate of drug-likeness (QED) is 0.672. The van der Waals surface area contributed by atoms with Crippen LogP contribution < -0.4 is 15.0 Å². The summed E-state index contributed by atoms with van der Waals surface area (Å²) < 4.78 is 7.73. The second-order valence-electron chi connectivity index (χ2n) is 9.34. The molecule has 4 rings (SSSR count). The van der Waals surface area contributed by atoms with Crippen LogP contribution in [0.25, 0.3) is 6.08 Å². The summed E-state index contributed by atoms with van der Waals surface area (Å²) in [6, 6.07) is 14.3. The summed E-state index contributed by atoms with van der Waals surface area (Å²) in [4.78, 5) is 15.0. The molecule has 0 saturated carbocycles. The van der Waals surface area contributed by atoms with Crippen LogP contribution >= 0.6 is 15.9 Å². The molecule has 2 aliphatic rings. The molecule has 29 heavy (non-hydrogen) atoms. The van der Waals surface area contributed by atoms with Gasteiger partial charge in [-0.25, -0.2) is 0 Å². The van der Waals surface area contributed by atoms with Gasteiger partial charge in [0.05, 0.1) is 5.41 Å². The van der Waals surface area contributed by atoms with Crippen molar-refractivity contribution in [2.75, 3.05) is 11.4 Å². The zero-order valence-corrected chi connectivity index (χ0v) is 19.1. The van der Waals surface area contributed by atoms with Gasteiger partial charge in [-0.2, -0.15) is 0 Å². The lowest BCUT2D eigenvalue weighted by Gasteiger charge is -2.47. The Balaban J connectivity index is 1.81. The number of amides is 1. The van der Waals surface area contributed by atoms with Crippen LogP contribution in [0.2, 0.25) is 0 Å². The van der Waals surface area contributed by atoms with E-state index < -0.39 is 5.72 Å². The fourth-order valence-corrected chi connectivity index (χ4v) is 4.76. The number of carbonyl (C=O) groups excluding carboxylic acids is 1. The SMILES string of the molecule is CC(C)(C)NC(=O)CN1c2ccccc2C(C)(C)[C@]12C=Cc1cc(Br)ccc1O2. The average Bonchev–Trinajstić information content (AvgIpc) is 2.80. The van der Waals surface area contributed by atoms with E-state index >= 15 is 0 Å². The highest BCUT2D eigenvalue weighted by atomic mass is 79.9. The standard InChI is InChI=1S/C24H27BrN2O2/c1-22(2,3)26-21(28)15-27-19-9-7-6-8-18(19)23(4,5)24(27)13-12-16-14-17(25)10-11-20(16)29-24/h6-14H,15H2,1-5H3,(H,26,28)/t24-/m1/s1. The highest BCUT2D eigenvalue weighted by Gasteiger charge is 2.59. The van der Waals surface area contributed by atoms with Gasteiger partial charge in [0.2, 0.25) is 11.6 Å². The number of anilines is 1. The number of hydrogen-bond donors (Lipinski definition) is 1. The first-order valence-corrected chi connectivity index (χ1v) is 10.7. The van der Waals surface area contributed by atoms with Crippen molar-refractivity contribution in [2.24, 2.45) is 0 Å². The van der Waals surface area contributed by atoms with E-state index in [2.05, 4.69) is 64.3 Å². The third-order valence-electron chi connectivity index (χ3n) is 5.71. The molecule has 4 nitrogen and oxygen atoms in total. The average molecular weight is 455 g/mol. The maximum absolute atomic E-state index is 12.9. The molecule has 2 heterocycles. The van der Waals surface area contributed by atoms with Crippen molar-refractivity contribution in [1.82, 2.24) is 5.32 Å². The lowest BCUT2D eigenvalue weighted by Crippen LogP contribution is -2.61. The minimum Gasteiger partial charge on any atom is -0.463 e. The Bertz CT molecular complexity index is 1010. The van der Waals surface area contributed by atoms with Crippen molar-refractivity contribution in [3.8, 4) is 5.75 Å². The topological polar surface area (TPSA) is 41.6 Å². The first-order valence-electron chi connectivity index (χ1n) is 9.89. The number of hydrogen-bond acceptors (Lipinski definition) is 3. The van der Waals surface area contributed by atoms with E-state index in [4.69, 9.17) is 4.74 Å². The van der Waals surface area contributed by atoms with Crippen molar-refractivity contribution < 1.29 is 9.53 Å². The molecule has 5 heteroatoms. The van der Waals surface area contributed by atoms with Crippen LogP contribution in [-0.4, -0.2) is 23.7 Å². The molecular weight excluding hydrogens is 428 g/mol. The lowest BCUT2D eigenvalue weighted by molar-refractivity contribution is -0.121. The molecule has 0 unspecified atom stereocenters. The van der Waals surface area contributed by atoms with Crippen LogP contribution in [0, 0.1) is 0 Å². The number of carbonyl (C=O) groups is 1. The Labute approximate surface area is 181 Å². The summed E-state index contributed by atoms with van der Waals surface area (Å²) in [5.74, 6) is 0.792. The summed E-state index contributed by atoms with van der Waals surface area (Å²) in [6.07, 6.45) is 4.21. The Morgan fingerprint density at radius 2 is 1.90 bits per heavy atom. The van der Waals surface area contributed by atoms with Gasteiger partial charge < -0.3 is 15.0 Å². The molecule has 0 bridgehead atoms. The Morgan fingerprint density at radius 3 is 2.62 bits per heavy atom. The van der Waals surface area contributed by atoms with Gasteiger partial charge in [0, 0.05) is 21.3 Å². The summed E-state index contributed by atoms with van der Waals surface area (Å²) >= 11 is 3.53. The number of benzene rings is 2. The molecular formula is C24H27BrN2O2. The summed E-state index contributed by atoms with van der Waals surface area (Å²) in [7, 11) is 0. The molecule has 0 fully saturated rings. The van der Waals surface area contributed by atoms with Crippen molar-refractivity contribution in [1.29, 1.82) is 0 Å². The van der Waals surface area contributed by atoms with Gasteiger partial charge in [-0.1, -0.05) is 34.1 Å². The lowest BCUT2D eigenvalue weighted by atomic mass is 9.76. The fraction of sp³-hybridized carbons (Fsp3) is 0.375. The number of nitrogens with zero attached hydrogens (tertiary/aromatic N) is 1. The van der Waals surface area contributed by atoms with Gasteiger partial charge in [0.1, 0.15) is 12.3 Å². The van der Waals surface area contributed by atoms with Gasteiger partial charge in [0.25, 0.3) is 0 Å². The third kappa shape index (κ3) is 3.25. The molecule has 2 aliphatic heterocycles. The molecule has 0 radical (unpaired) electrons. The summed E-state index contributed by atoms with van der Waals surface area (Å²) in [5, 5.41) is 3.09. The maximum Gasteiger partial charge on any atom is 0.240 e. The molecule has 0 saturated heterocycles. The van der Waals surface area contributed by atoms with E-state index in [1.54, 1.807) is 0 Å². The van der Waals surface area contributed by atoms with E-state index in [0.717, 1.165) is 21.5 Å². The number of rotatable bonds is 2. The smallest absolute Gasteiger partial charge is 0.240 e. The third-order valence-corrected chi connectivity index (χ3v) is 6.20. The molecule has 2 aromatic rings. The highest BCUT2D eigenvalue weighted by molar-refractivity contribution is 9.10. The second-order valence-corrected chi connectivity index (χ2v) is 10.3. The first-order chi connectivity index (χ1) is 13.5. The van der Waals surface area contributed by atoms with Crippen molar-refractivity contribution in [2.45, 2.75) is 51.3 Å². The number of fused-ring (bicyclic) bond motifs is 2. The van der Waals surface area contributed by atoms with Gasteiger partial charge in [-0.15, -0.1) is 0 Å². The van der Waals surface area contributed by atoms with E-state index in [1.807, 2.05) is 51.1 Å². The first kappa shape index (κ1) is 20.0. The number of ether oxygens (including phenoxy) is 1. The summed E-state index contributed by atoms with van der Waals surface area (Å²) in [6.45, 7) is 10.6. The van der Waals surface area contributed by atoms with Crippen molar-refractivity contribution in [3.05, 3.63) is 64.1 Å². The highest BCUT2D eigenvalue weighted by Crippen LogP contribution is 2.54. The Morgan fingerprint density at radius 1 is 1.17 bits per heavy atom. The van der Waals surface area contributed by atoms with Crippen molar-refractivity contribution in [3.63, 3.8) is 0 Å². The predicted molar refractivity (Wildman–Crippen MR) is 121 cm³/mol. The van der Waals surface area contributed by atoms with Crippen LogP contribution in [-0.2, 0) is 10.2 Å². The van der Waals surface area contributed by atoms with E-state index in [0.29, 0.717) is 0 Å². The number of halogens is 1. The normalized spacial score (nSPS) is 21.5. The maximum atomic E-state index is 12.9. The Kier molecular flexibility index (Phi) is 4.57. The van der Waals surface area contributed by atoms with E-state index in [-0.39, 0.29) is 23.4 Å². The number of para-hydroxylation sites is 1. The monoisotopic (exact) mass is 454 g/mol. The molecule has 152 valence electrons. The van der Waals surface area contributed by atoms with Gasteiger partial charge in [-0.05, 0) is 76.6 Å². The van der Waals surface area contributed by atoms with Gasteiger partial charge in [0.15, 0.2) is 0 Å². The van der Waals surface area contributed by atoms with Crippen LogP contribution in [0.5, 0.6) is 5.75 Å². The summed E-state index contributed by atoms with van der Waals surface area (Å²) in [5.41, 5.74) is 1.80. The van der Waals surface area contributed by atoms with Crippen molar-refractivity contribution >= 4 is 33.6 Å². The molecule has 0 aliphatic carbocycles. The van der Waals surface area contributed by atoms with Gasteiger partial charge in [-0.3, -0.25) is 4.79 Å². The van der Waals surface area contributed by atoms with Crippen LogP contribution in [0.15, 0.2) is 53.0 Å². The fourth-order valence-electron chi connectivity index (χ4n) is 4.38. The molecule has 1 N–H and O–H groups in total. The predicted octanol–water partition coefficient (Wildman–Crippen LogP) is 5.26. The second kappa shape index (κ2) is 6.63. The largest absolute Gasteiger partial charge is 0.463 e. The Hall–Kier alpha value is -2.27. The minimum absolute atomic E-state index is 0.0250. The molecule has 1 spiro atoms. The van der Waals surface area contributed by atoms with Crippen LogP contribution in [0.1, 0.15) is 45.7 Å². The van der Waals surface area contributed by atoms with Crippen LogP contribution in [0.3, 0.4) is 0 Å². The molecule has 1 amide bonds. The zero-order chi connectivity index (χ0) is 21.0. The van der Waals surface area contributed by atoms with E-state index in [9.17, 15) is 4.79 Å². The number of nitrogens with one attached hydrogen (secondary N) is 1. The zero-order valence-electron chi connectivity index (χ0n) is 17.5. The van der Waals surface area contributed by atoms with E-state index in [1.165, 1.54) is 5.56 Å². The molecule has 2 aromatic carbocycles. The molecule has 1 atom stereocenters. The van der Waals surface area contributed by atoms with Gasteiger partial charge >= 0.3 is 0 Å². The minimum atomic E-state index is -0.785. The molecule has 0 aromatic heterocycles.